The van der Waals surface area contributed by atoms with Gasteiger partial charge in [-0.15, -0.1) is 0 Å². The van der Waals surface area contributed by atoms with E-state index in [0.29, 0.717) is 11.3 Å². The van der Waals surface area contributed by atoms with Crippen LogP contribution in [0.5, 0.6) is 0 Å². The van der Waals surface area contributed by atoms with Crippen molar-refractivity contribution in [2.24, 2.45) is 0 Å². The SMILES string of the molecule is Cc1cccc(-n2nc3c(c2NC(=O)c2cccc([N+](=O)[O-])c2)CS(=O)(=O)C3)c1C. The van der Waals surface area contributed by atoms with E-state index in [1.165, 1.54) is 28.9 Å². The van der Waals surface area contributed by atoms with Crippen LogP contribution in [0.1, 0.15) is 32.7 Å². The predicted octanol–water partition coefficient (Wildman–Crippen LogP) is 3.08. The molecule has 0 bridgehead atoms. The number of hydrogen-bond acceptors (Lipinski definition) is 6. The molecule has 1 aliphatic heterocycles. The van der Waals surface area contributed by atoms with Gasteiger partial charge >= 0.3 is 0 Å². The summed E-state index contributed by atoms with van der Waals surface area (Å²) in [5.74, 6) is -0.744. The number of aromatic nitrogens is 2. The summed E-state index contributed by atoms with van der Waals surface area (Å²) in [5.41, 5.74) is 3.39. The Morgan fingerprint density at radius 2 is 1.90 bits per heavy atom. The molecule has 0 saturated heterocycles. The van der Waals surface area contributed by atoms with Gasteiger partial charge in [0.2, 0.25) is 0 Å². The Morgan fingerprint density at radius 1 is 1.17 bits per heavy atom. The Bertz CT molecular complexity index is 1310. The lowest BCUT2D eigenvalue weighted by molar-refractivity contribution is -0.384. The Balaban J connectivity index is 1.81. The van der Waals surface area contributed by atoms with Crippen LogP contribution in [0.25, 0.3) is 5.69 Å². The van der Waals surface area contributed by atoms with E-state index in [4.69, 9.17) is 0 Å². The molecule has 2 aromatic carbocycles. The fourth-order valence-corrected chi connectivity index (χ4v) is 4.94. The van der Waals surface area contributed by atoms with Crippen molar-refractivity contribution in [3.63, 3.8) is 0 Å². The Labute approximate surface area is 172 Å². The second-order valence-corrected chi connectivity index (χ2v) is 9.26. The van der Waals surface area contributed by atoms with Crippen molar-refractivity contribution in [3.05, 3.63) is 80.5 Å². The zero-order chi connectivity index (χ0) is 21.6. The van der Waals surface area contributed by atoms with Crippen LogP contribution in [0.3, 0.4) is 0 Å². The van der Waals surface area contributed by atoms with Gasteiger partial charge in [0.1, 0.15) is 5.82 Å². The number of nitrogens with one attached hydrogen (secondary N) is 1. The van der Waals surface area contributed by atoms with E-state index in [0.717, 1.165) is 16.8 Å². The van der Waals surface area contributed by atoms with Gasteiger partial charge in [-0.2, -0.15) is 5.10 Å². The smallest absolute Gasteiger partial charge is 0.270 e. The van der Waals surface area contributed by atoms with Crippen molar-refractivity contribution in [2.75, 3.05) is 5.32 Å². The summed E-state index contributed by atoms with van der Waals surface area (Å²) in [7, 11) is -3.34. The predicted molar refractivity (Wildman–Crippen MR) is 110 cm³/mol. The van der Waals surface area contributed by atoms with Gasteiger partial charge in [0, 0.05) is 23.3 Å². The maximum Gasteiger partial charge on any atom is 0.270 e. The first-order valence-corrected chi connectivity index (χ1v) is 10.9. The van der Waals surface area contributed by atoms with E-state index in [9.17, 15) is 23.3 Å². The summed E-state index contributed by atoms with van der Waals surface area (Å²) in [6, 6.07) is 11.0. The van der Waals surface area contributed by atoms with Crippen molar-refractivity contribution in [3.8, 4) is 5.69 Å². The summed E-state index contributed by atoms with van der Waals surface area (Å²) in [6.07, 6.45) is 0. The number of nitro groups is 1. The average molecular weight is 426 g/mol. The van der Waals surface area contributed by atoms with Gasteiger partial charge in [-0.3, -0.25) is 14.9 Å². The number of amides is 1. The Hall–Kier alpha value is -3.53. The number of non-ortho nitro benzene ring substituents is 1. The van der Waals surface area contributed by atoms with Crippen molar-refractivity contribution in [1.82, 2.24) is 9.78 Å². The second kappa shape index (κ2) is 7.06. The Morgan fingerprint density at radius 3 is 2.63 bits per heavy atom. The third-order valence-electron chi connectivity index (χ3n) is 5.14. The van der Waals surface area contributed by atoms with E-state index in [1.54, 1.807) is 0 Å². The third kappa shape index (κ3) is 3.45. The highest BCUT2D eigenvalue weighted by Crippen LogP contribution is 2.34. The minimum absolute atomic E-state index is 0.0903. The molecule has 154 valence electrons. The van der Waals surface area contributed by atoms with Crippen LogP contribution >= 0.6 is 0 Å². The lowest BCUT2D eigenvalue weighted by Gasteiger charge is -2.14. The summed E-state index contributed by atoms with van der Waals surface area (Å²) in [5, 5.41) is 18.2. The normalized spacial score (nSPS) is 14.3. The zero-order valence-electron chi connectivity index (χ0n) is 16.2. The van der Waals surface area contributed by atoms with Crippen LogP contribution in [0, 0.1) is 24.0 Å². The van der Waals surface area contributed by atoms with Crippen molar-refractivity contribution in [1.29, 1.82) is 0 Å². The van der Waals surface area contributed by atoms with Crippen LogP contribution in [0.4, 0.5) is 11.5 Å². The van der Waals surface area contributed by atoms with Crippen molar-refractivity contribution >= 4 is 27.2 Å². The molecule has 0 atom stereocenters. The Kier molecular flexibility index (Phi) is 4.65. The number of rotatable bonds is 4. The standard InChI is InChI=1S/C20H18N4O5S/c1-12-5-3-8-18(13(12)2)23-19(16-10-30(28,29)11-17(16)22-23)21-20(25)14-6-4-7-15(9-14)24(26)27/h3-9H,10-11H2,1-2H3,(H,21,25). The molecule has 0 unspecified atom stereocenters. The molecule has 2 heterocycles. The maximum absolute atomic E-state index is 12.9. The summed E-state index contributed by atoms with van der Waals surface area (Å²) in [4.78, 5) is 23.3. The highest BCUT2D eigenvalue weighted by atomic mass is 32.2. The first-order chi connectivity index (χ1) is 14.2. The summed E-state index contributed by atoms with van der Waals surface area (Å²) >= 11 is 0. The van der Waals surface area contributed by atoms with E-state index in [1.807, 2.05) is 32.0 Å². The number of nitro benzene ring substituents is 1. The molecule has 0 fully saturated rings. The molecule has 10 heteroatoms. The van der Waals surface area contributed by atoms with E-state index in [-0.39, 0.29) is 28.6 Å². The van der Waals surface area contributed by atoms with Gasteiger partial charge < -0.3 is 5.32 Å². The number of sulfone groups is 1. The molecule has 1 amide bonds. The summed E-state index contributed by atoms with van der Waals surface area (Å²) in [6.45, 7) is 3.86. The second-order valence-electron chi connectivity index (χ2n) is 7.20. The first kappa shape index (κ1) is 19.8. The minimum Gasteiger partial charge on any atom is -0.306 e. The van der Waals surface area contributed by atoms with Gasteiger partial charge in [-0.1, -0.05) is 18.2 Å². The van der Waals surface area contributed by atoms with Gasteiger partial charge in [0.05, 0.1) is 27.8 Å². The number of fused-ring (bicyclic) bond motifs is 1. The van der Waals surface area contributed by atoms with Crippen LogP contribution in [-0.2, 0) is 21.3 Å². The molecule has 1 aliphatic rings. The monoisotopic (exact) mass is 426 g/mol. The summed E-state index contributed by atoms with van der Waals surface area (Å²) < 4.78 is 25.8. The van der Waals surface area contributed by atoms with Gasteiger partial charge in [0.25, 0.3) is 11.6 Å². The van der Waals surface area contributed by atoms with Crippen LogP contribution in [0.15, 0.2) is 42.5 Å². The largest absolute Gasteiger partial charge is 0.306 e. The molecule has 1 N–H and O–H groups in total. The van der Waals surface area contributed by atoms with Crippen molar-refractivity contribution < 1.29 is 18.1 Å². The van der Waals surface area contributed by atoms with Gasteiger partial charge in [-0.05, 0) is 37.1 Å². The fraction of sp³-hybridized carbons (Fsp3) is 0.200. The lowest BCUT2D eigenvalue weighted by Crippen LogP contribution is -2.17. The minimum atomic E-state index is -3.34. The highest BCUT2D eigenvalue weighted by Gasteiger charge is 2.33. The zero-order valence-corrected chi connectivity index (χ0v) is 17.1. The van der Waals surface area contributed by atoms with E-state index in [2.05, 4.69) is 10.4 Å². The van der Waals surface area contributed by atoms with E-state index >= 15 is 0 Å². The number of carbonyl (C=O) groups excluding carboxylic acids is 1. The molecular weight excluding hydrogens is 408 g/mol. The number of anilines is 1. The first-order valence-electron chi connectivity index (χ1n) is 9.10. The van der Waals surface area contributed by atoms with Crippen LogP contribution < -0.4 is 5.32 Å². The molecule has 9 nitrogen and oxygen atoms in total. The molecule has 0 aliphatic carbocycles. The number of benzene rings is 2. The van der Waals surface area contributed by atoms with Crippen LogP contribution in [0.2, 0.25) is 0 Å². The third-order valence-corrected chi connectivity index (χ3v) is 6.58. The van der Waals surface area contributed by atoms with Gasteiger partial charge in [-0.25, -0.2) is 13.1 Å². The molecule has 0 spiro atoms. The molecule has 30 heavy (non-hydrogen) atoms. The maximum atomic E-state index is 12.9. The van der Waals surface area contributed by atoms with Crippen molar-refractivity contribution in [2.45, 2.75) is 25.4 Å². The van der Waals surface area contributed by atoms with E-state index < -0.39 is 20.7 Å². The lowest BCUT2D eigenvalue weighted by atomic mass is 10.1. The number of nitrogens with zero attached hydrogens (tertiary/aromatic N) is 3. The molecule has 0 radical (unpaired) electrons. The van der Waals surface area contributed by atoms with Gasteiger partial charge in [0.15, 0.2) is 9.84 Å². The number of aryl methyl sites for hydroxylation is 1. The molecule has 4 rings (SSSR count). The quantitative estimate of drug-likeness (QED) is 0.505. The molecule has 0 saturated carbocycles. The van der Waals surface area contributed by atoms with Crippen LogP contribution in [-0.4, -0.2) is 29.0 Å². The number of carbonyl (C=O) groups is 1. The average Bonchev–Trinajstić information content (AvgIpc) is 3.16. The number of hydrogen-bond donors (Lipinski definition) is 1. The fourth-order valence-electron chi connectivity index (χ4n) is 3.45. The molecule has 1 aromatic heterocycles. The molecular formula is C20H18N4O5S. The molecule has 3 aromatic rings. The highest BCUT2D eigenvalue weighted by molar-refractivity contribution is 7.90. The topological polar surface area (TPSA) is 124 Å².